The average Bonchev–Trinajstić information content (AvgIpc) is 3.06. The maximum atomic E-state index is 12.2. The van der Waals surface area contributed by atoms with Crippen LogP contribution in [0.25, 0.3) is 5.82 Å². The molecule has 0 aliphatic heterocycles. The van der Waals surface area contributed by atoms with Crippen molar-refractivity contribution in [3.63, 3.8) is 0 Å². The summed E-state index contributed by atoms with van der Waals surface area (Å²) in [6, 6.07) is 7.88. The maximum absolute atomic E-state index is 12.2. The zero-order valence-corrected chi connectivity index (χ0v) is 14.4. The van der Waals surface area contributed by atoms with Gasteiger partial charge in [-0.25, -0.2) is 4.79 Å². The monoisotopic (exact) mass is 327 g/mol. The third-order valence-electron chi connectivity index (χ3n) is 4.11. The Morgan fingerprint density at radius 3 is 2.54 bits per heavy atom. The van der Waals surface area contributed by atoms with Crippen LogP contribution < -0.4 is 10.4 Å². The van der Waals surface area contributed by atoms with Gasteiger partial charge < -0.3 is 9.30 Å². The lowest BCUT2D eigenvalue weighted by Crippen LogP contribution is -2.24. The van der Waals surface area contributed by atoms with E-state index in [1.54, 1.807) is 7.05 Å². The first-order valence-corrected chi connectivity index (χ1v) is 7.87. The molecule has 0 saturated carbocycles. The molecule has 0 saturated heterocycles. The molecule has 3 aromatic rings. The number of aryl methyl sites for hydroxylation is 4. The minimum absolute atomic E-state index is 0.281. The Balaban J connectivity index is 2.02. The van der Waals surface area contributed by atoms with Gasteiger partial charge >= 0.3 is 5.69 Å². The zero-order valence-electron chi connectivity index (χ0n) is 14.4. The van der Waals surface area contributed by atoms with Crippen molar-refractivity contribution in [2.75, 3.05) is 0 Å². The Labute approximate surface area is 140 Å². The molecule has 0 radical (unpaired) electrons. The second-order valence-corrected chi connectivity index (χ2v) is 5.77. The predicted octanol–water partition coefficient (Wildman–Crippen LogP) is 1.75. The molecular weight excluding hydrogens is 306 g/mol. The molecule has 7 heteroatoms. The van der Waals surface area contributed by atoms with Gasteiger partial charge in [0.05, 0.1) is 0 Å². The van der Waals surface area contributed by atoms with Crippen molar-refractivity contribution in [1.29, 1.82) is 0 Å². The maximum Gasteiger partial charge on any atom is 0.369 e. The molecule has 0 N–H and O–H groups in total. The smallest absolute Gasteiger partial charge is 0.369 e. The number of tetrazole rings is 1. The first-order valence-electron chi connectivity index (χ1n) is 7.87. The van der Waals surface area contributed by atoms with Gasteiger partial charge in [-0.05, 0) is 41.0 Å². The summed E-state index contributed by atoms with van der Waals surface area (Å²) in [6.07, 6.45) is 2.85. The molecule has 0 aliphatic rings. The molecule has 7 nitrogen and oxygen atoms in total. The molecular formula is C17H21N5O2. The molecule has 3 rings (SSSR count). The van der Waals surface area contributed by atoms with E-state index < -0.39 is 0 Å². The minimum atomic E-state index is -0.281. The lowest BCUT2D eigenvalue weighted by molar-refractivity contribution is 0.302. The van der Waals surface area contributed by atoms with Crippen LogP contribution in [-0.4, -0.2) is 24.4 Å². The van der Waals surface area contributed by atoms with Gasteiger partial charge in [-0.2, -0.15) is 4.68 Å². The van der Waals surface area contributed by atoms with E-state index in [0.717, 1.165) is 28.9 Å². The van der Waals surface area contributed by atoms with E-state index >= 15 is 0 Å². The molecule has 0 unspecified atom stereocenters. The van der Waals surface area contributed by atoms with E-state index in [9.17, 15) is 4.79 Å². The third kappa shape index (κ3) is 2.73. The van der Waals surface area contributed by atoms with Crippen molar-refractivity contribution in [3.05, 3.63) is 57.6 Å². The van der Waals surface area contributed by atoms with Gasteiger partial charge in [0.2, 0.25) is 0 Å². The van der Waals surface area contributed by atoms with Crippen LogP contribution in [0.15, 0.2) is 35.3 Å². The lowest BCUT2D eigenvalue weighted by atomic mass is 10.1. The van der Waals surface area contributed by atoms with Crippen molar-refractivity contribution < 1.29 is 4.74 Å². The number of nitrogens with zero attached hydrogens (tertiary/aromatic N) is 5. The molecule has 126 valence electrons. The highest BCUT2D eigenvalue weighted by Gasteiger charge is 2.19. The molecule has 0 aliphatic carbocycles. The number of aromatic nitrogens is 5. The highest BCUT2D eigenvalue weighted by atomic mass is 16.5. The van der Waals surface area contributed by atoms with Crippen LogP contribution in [-0.2, 0) is 27.1 Å². The fourth-order valence-electron chi connectivity index (χ4n) is 2.78. The molecule has 1 aromatic carbocycles. The Hall–Kier alpha value is -2.83. The molecule has 0 atom stereocenters. The first kappa shape index (κ1) is 16.0. The van der Waals surface area contributed by atoms with Gasteiger partial charge in [0.25, 0.3) is 0 Å². The molecule has 24 heavy (non-hydrogen) atoms. The van der Waals surface area contributed by atoms with Crippen molar-refractivity contribution >= 4 is 0 Å². The van der Waals surface area contributed by atoms with E-state index in [4.69, 9.17) is 4.74 Å². The number of ether oxygens (including phenoxy) is 1. The van der Waals surface area contributed by atoms with E-state index in [2.05, 4.69) is 17.4 Å². The summed E-state index contributed by atoms with van der Waals surface area (Å²) in [6.45, 7) is 4.46. The standard InChI is InChI=1S/C17H21N5O2/c1-5-13-10-20(3)16(22-17(23)21(4)18-19-22)14(13)11-24-15-9-7-6-8-12(15)2/h6-10H,5,11H2,1-4H3. The molecule has 0 amide bonds. The summed E-state index contributed by atoms with van der Waals surface area (Å²) >= 11 is 0. The van der Waals surface area contributed by atoms with Crippen LogP contribution in [0.1, 0.15) is 23.6 Å². The SMILES string of the molecule is CCc1cn(C)c(-n2nnn(C)c2=O)c1COc1ccccc1C. The summed E-state index contributed by atoms with van der Waals surface area (Å²) in [5.74, 6) is 1.53. The summed E-state index contributed by atoms with van der Waals surface area (Å²) in [5.41, 5.74) is 2.87. The number of benzene rings is 1. The first-order chi connectivity index (χ1) is 11.5. The quantitative estimate of drug-likeness (QED) is 0.716. The second kappa shape index (κ2) is 6.35. The summed E-state index contributed by atoms with van der Waals surface area (Å²) in [7, 11) is 3.48. The number of hydrogen-bond donors (Lipinski definition) is 0. The summed E-state index contributed by atoms with van der Waals surface area (Å²) in [4.78, 5) is 12.2. The van der Waals surface area contributed by atoms with Crippen LogP contribution >= 0.6 is 0 Å². The Bertz CT molecular complexity index is 919. The number of para-hydroxylation sites is 1. The topological polar surface area (TPSA) is 66.9 Å². The fraction of sp³-hybridized carbons (Fsp3) is 0.353. The lowest BCUT2D eigenvalue weighted by Gasteiger charge is -2.11. The van der Waals surface area contributed by atoms with Crippen molar-refractivity contribution in [2.24, 2.45) is 14.1 Å². The Morgan fingerprint density at radius 2 is 1.92 bits per heavy atom. The Kier molecular flexibility index (Phi) is 4.24. The number of hydrogen-bond acceptors (Lipinski definition) is 4. The van der Waals surface area contributed by atoms with Crippen LogP contribution in [0.2, 0.25) is 0 Å². The highest BCUT2D eigenvalue weighted by Crippen LogP contribution is 2.24. The highest BCUT2D eigenvalue weighted by molar-refractivity contribution is 5.42. The zero-order chi connectivity index (χ0) is 17.3. The summed E-state index contributed by atoms with van der Waals surface area (Å²) in [5, 5.41) is 7.77. The van der Waals surface area contributed by atoms with E-state index in [0.29, 0.717) is 12.4 Å². The van der Waals surface area contributed by atoms with Gasteiger partial charge in [-0.1, -0.05) is 25.1 Å². The molecule has 0 fully saturated rings. The van der Waals surface area contributed by atoms with Gasteiger partial charge in [0, 0.05) is 25.9 Å². The minimum Gasteiger partial charge on any atom is -0.488 e. The third-order valence-corrected chi connectivity index (χ3v) is 4.11. The molecule has 2 aromatic heterocycles. The van der Waals surface area contributed by atoms with E-state index in [1.165, 1.54) is 9.36 Å². The van der Waals surface area contributed by atoms with E-state index in [-0.39, 0.29) is 5.69 Å². The van der Waals surface area contributed by atoms with Gasteiger partial charge in [-0.3, -0.25) is 0 Å². The largest absolute Gasteiger partial charge is 0.488 e. The van der Waals surface area contributed by atoms with Crippen LogP contribution in [0.4, 0.5) is 0 Å². The van der Waals surface area contributed by atoms with Crippen molar-refractivity contribution in [1.82, 2.24) is 24.4 Å². The van der Waals surface area contributed by atoms with Crippen molar-refractivity contribution in [3.8, 4) is 11.6 Å². The fourth-order valence-corrected chi connectivity index (χ4v) is 2.78. The van der Waals surface area contributed by atoms with E-state index in [1.807, 2.05) is 49.0 Å². The van der Waals surface area contributed by atoms with Crippen LogP contribution in [0, 0.1) is 6.92 Å². The van der Waals surface area contributed by atoms with Gasteiger partial charge in [-0.15, -0.1) is 4.68 Å². The molecule has 2 heterocycles. The molecule has 0 bridgehead atoms. The second-order valence-electron chi connectivity index (χ2n) is 5.77. The van der Waals surface area contributed by atoms with Crippen molar-refractivity contribution in [2.45, 2.75) is 26.9 Å². The van der Waals surface area contributed by atoms with Gasteiger partial charge in [0.15, 0.2) is 0 Å². The van der Waals surface area contributed by atoms with Gasteiger partial charge in [0.1, 0.15) is 18.2 Å². The Morgan fingerprint density at radius 1 is 1.17 bits per heavy atom. The summed E-state index contributed by atoms with van der Waals surface area (Å²) < 4.78 is 10.4. The molecule has 0 spiro atoms. The predicted molar refractivity (Wildman–Crippen MR) is 90.5 cm³/mol. The van der Waals surface area contributed by atoms with Crippen LogP contribution in [0.3, 0.4) is 0 Å². The normalized spacial score (nSPS) is 11.0. The van der Waals surface area contributed by atoms with Crippen LogP contribution in [0.5, 0.6) is 5.75 Å². The average molecular weight is 327 g/mol. The number of rotatable bonds is 5.